The molecule has 2 aromatic heterocycles. The zero-order valence-electron chi connectivity index (χ0n) is 16.7. The van der Waals surface area contributed by atoms with E-state index in [1.165, 1.54) is 6.07 Å². The Bertz CT molecular complexity index is 1100. The number of aromatic nitrogens is 5. The van der Waals surface area contributed by atoms with Crippen LogP contribution in [0.5, 0.6) is 0 Å². The minimum atomic E-state index is -0.369. The minimum Gasteiger partial charge on any atom is -0.343 e. The number of nitrogens with one attached hydrogen (secondary N) is 3. The molecule has 11 heteroatoms. The number of anilines is 1. The number of benzene rings is 1. The summed E-state index contributed by atoms with van der Waals surface area (Å²) in [7, 11) is 0. The summed E-state index contributed by atoms with van der Waals surface area (Å²) in [6, 6.07) is 10.8. The molecule has 0 spiro atoms. The number of carbonyl (C=O) groups is 2. The van der Waals surface area contributed by atoms with Crippen molar-refractivity contribution in [1.82, 2.24) is 40.5 Å². The van der Waals surface area contributed by atoms with Crippen molar-refractivity contribution in [2.24, 2.45) is 0 Å². The van der Waals surface area contributed by atoms with Gasteiger partial charge in [0.2, 0.25) is 0 Å². The van der Waals surface area contributed by atoms with Crippen molar-refractivity contribution in [1.29, 1.82) is 0 Å². The molecule has 0 unspecified atom stereocenters. The van der Waals surface area contributed by atoms with E-state index >= 15 is 0 Å². The fraction of sp³-hybridized carbons (Fsp3) is 0.300. The average molecular weight is 419 g/mol. The Hall–Kier alpha value is -3.86. The maximum Gasteiger partial charge on any atom is 0.323 e. The van der Waals surface area contributed by atoms with Crippen molar-refractivity contribution in [2.45, 2.75) is 32.7 Å². The zero-order valence-corrected chi connectivity index (χ0v) is 16.7. The van der Waals surface area contributed by atoms with E-state index in [1.807, 2.05) is 28.8 Å². The largest absolute Gasteiger partial charge is 0.343 e. The van der Waals surface area contributed by atoms with Gasteiger partial charge in [0.15, 0.2) is 17.3 Å². The number of fused-ring (bicyclic) bond motifs is 2. The van der Waals surface area contributed by atoms with Crippen LogP contribution in [-0.4, -0.2) is 48.3 Å². The predicted molar refractivity (Wildman–Crippen MR) is 110 cm³/mol. The van der Waals surface area contributed by atoms with Crippen molar-refractivity contribution in [3.63, 3.8) is 0 Å². The van der Waals surface area contributed by atoms with Gasteiger partial charge in [-0.25, -0.2) is 4.79 Å². The Morgan fingerprint density at radius 1 is 1.00 bits per heavy atom. The Kier molecular flexibility index (Phi) is 5.00. The molecule has 0 saturated heterocycles. The maximum atomic E-state index is 12.5. The lowest BCUT2D eigenvalue weighted by Gasteiger charge is -2.16. The molecule has 0 radical (unpaired) electrons. The summed E-state index contributed by atoms with van der Waals surface area (Å²) in [5.74, 6) is 1.48. The Labute approximate surface area is 177 Å². The van der Waals surface area contributed by atoms with E-state index in [0.29, 0.717) is 25.5 Å². The van der Waals surface area contributed by atoms with Crippen LogP contribution in [0.25, 0.3) is 0 Å². The lowest BCUT2D eigenvalue weighted by molar-refractivity contribution is 0.0943. The number of urea groups is 1. The highest BCUT2D eigenvalue weighted by molar-refractivity contribution is 5.93. The molecule has 158 valence electrons. The van der Waals surface area contributed by atoms with Gasteiger partial charge >= 0.3 is 6.03 Å². The van der Waals surface area contributed by atoms with Gasteiger partial charge in [0.05, 0.1) is 13.1 Å². The molecule has 1 aromatic carbocycles. The predicted octanol–water partition coefficient (Wildman–Crippen LogP) is 0.649. The molecule has 11 nitrogen and oxygen atoms in total. The number of carbonyl (C=O) groups excluding carboxylic acids is 2. The number of hydrogen-bond acceptors (Lipinski definition) is 7. The van der Waals surface area contributed by atoms with Gasteiger partial charge in [-0.15, -0.1) is 20.4 Å². The highest BCUT2D eigenvalue weighted by Crippen LogP contribution is 2.22. The summed E-state index contributed by atoms with van der Waals surface area (Å²) in [5.41, 5.74) is 2.44. The lowest BCUT2D eigenvalue weighted by atomic mass is 10.1. The fourth-order valence-corrected chi connectivity index (χ4v) is 3.72. The van der Waals surface area contributed by atoms with Crippen molar-refractivity contribution in [3.8, 4) is 0 Å². The molecule has 0 aliphatic carbocycles. The smallest absolute Gasteiger partial charge is 0.323 e. The van der Waals surface area contributed by atoms with E-state index in [1.54, 1.807) is 11.0 Å². The van der Waals surface area contributed by atoms with Gasteiger partial charge in [0.1, 0.15) is 5.82 Å². The van der Waals surface area contributed by atoms with Crippen LogP contribution in [0.15, 0.2) is 36.4 Å². The summed E-state index contributed by atoms with van der Waals surface area (Å²) in [5, 5.41) is 24.9. The van der Waals surface area contributed by atoms with Gasteiger partial charge in [-0.1, -0.05) is 24.3 Å². The molecule has 3 amide bonds. The van der Waals surface area contributed by atoms with Crippen LogP contribution in [-0.2, 0) is 32.7 Å². The van der Waals surface area contributed by atoms with E-state index in [-0.39, 0.29) is 30.0 Å². The second-order valence-corrected chi connectivity index (χ2v) is 7.40. The first-order valence-corrected chi connectivity index (χ1v) is 10.0. The summed E-state index contributed by atoms with van der Waals surface area (Å²) in [6.45, 7) is 3.64. The van der Waals surface area contributed by atoms with Gasteiger partial charge in [-0.3, -0.25) is 10.1 Å². The number of nitrogens with zero attached hydrogens (tertiary/aromatic N) is 6. The van der Waals surface area contributed by atoms with E-state index < -0.39 is 0 Å². The number of rotatable bonds is 4. The van der Waals surface area contributed by atoms with Crippen molar-refractivity contribution < 1.29 is 9.59 Å². The maximum absolute atomic E-state index is 12.5. The standard InChI is InChI=1S/C20H21N9O2/c30-19(22-10-18-27-26-17-9-21-7-8-29(17)18)15-5-6-16(25-24-15)23-20(31)28-11-13-3-1-2-4-14(13)12-28/h1-6,21H,7-12H2,(H,22,30)(H,23,25,31). The van der Waals surface area contributed by atoms with Crippen LogP contribution >= 0.6 is 0 Å². The molecule has 3 aromatic rings. The monoisotopic (exact) mass is 419 g/mol. The molecule has 0 saturated carbocycles. The van der Waals surface area contributed by atoms with Crippen LogP contribution in [0.3, 0.4) is 0 Å². The van der Waals surface area contributed by atoms with Crippen molar-refractivity contribution >= 4 is 17.8 Å². The van der Waals surface area contributed by atoms with Gasteiger partial charge in [0.25, 0.3) is 5.91 Å². The Morgan fingerprint density at radius 3 is 2.55 bits per heavy atom. The Balaban J connectivity index is 1.16. The molecule has 4 heterocycles. The first kappa shape index (κ1) is 19.1. The van der Waals surface area contributed by atoms with Crippen LogP contribution < -0.4 is 16.0 Å². The molecule has 2 aliphatic rings. The molecular weight excluding hydrogens is 398 g/mol. The quantitative estimate of drug-likeness (QED) is 0.566. The van der Waals surface area contributed by atoms with Crippen LogP contribution in [0.2, 0.25) is 0 Å². The molecule has 0 bridgehead atoms. The fourth-order valence-electron chi connectivity index (χ4n) is 3.72. The Morgan fingerprint density at radius 2 is 1.81 bits per heavy atom. The summed E-state index contributed by atoms with van der Waals surface area (Å²) in [6.07, 6.45) is 0. The van der Waals surface area contributed by atoms with Crippen LogP contribution in [0.1, 0.15) is 33.3 Å². The van der Waals surface area contributed by atoms with Crippen molar-refractivity contribution in [3.05, 3.63) is 64.9 Å². The second kappa shape index (κ2) is 8.11. The molecule has 2 aliphatic heterocycles. The summed E-state index contributed by atoms with van der Waals surface area (Å²) < 4.78 is 2.00. The van der Waals surface area contributed by atoms with Gasteiger partial charge < -0.3 is 20.1 Å². The van der Waals surface area contributed by atoms with Crippen LogP contribution in [0.4, 0.5) is 10.6 Å². The normalized spacial score (nSPS) is 14.6. The van der Waals surface area contributed by atoms with E-state index in [2.05, 4.69) is 36.3 Å². The highest BCUT2D eigenvalue weighted by atomic mass is 16.2. The second-order valence-electron chi connectivity index (χ2n) is 7.40. The SMILES string of the molecule is O=C(NCc1nnc2n1CCNC2)c1ccc(NC(=O)N2Cc3ccccc3C2)nn1. The highest BCUT2D eigenvalue weighted by Gasteiger charge is 2.23. The van der Waals surface area contributed by atoms with Gasteiger partial charge in [-0.2, -0.15) is 0 Å². The summed E-state index contributed by atoms with van der Waals surface area (Å²) in [4.78, 5) is 26.6. The number of amides is 3. The molecular formula is C20H21N9O2. The first-order chi connectivity index (χ1) is 15.2. The van der Waals surface area contributed by atoms with E-state index in [0.717, 1.165) is 30.0 Å². The number of hydrogen-bond donors (Lipinski definition) is 3. The third-order valence-electron chi connectivity index (χ3n) is 5.37. The van der Waals surface area contributed by atoms with Crippen molar-refractivity contribution in [2.75, 3.05) is 11.9 Å². The summed E-state index contributed by atoms with van der Waals surface area (Å²) >= 11 is 0. The minimum absolute atomic E-state index is 0.159. The lowest BCUT2D eigenvalue weighted by Crippen LogP contribution is -2.31. The average Bonchev–Trinajstić information content (AvgIpc) is 3.42. The van der Waals surface area contributed by atoms with Gasteiger partial charge in [-0.05, 0) is 23.3 Å². The molecule has 31 heavy (non-hydrogen) atoms. The molecule has 3 N–H and O–H groups in total. The van der Waals surface area contributed by atoms with Gasteiger partial charge in [0, 0.05) is 26.2 Å². The first-order valence-electron chi connectivity index (χ1n) is 10.0. The molecule has 0 atom stereocenters. The molecule has 0 fully saturated rings. The third kappa shape index (κ3) is 3.94. The van der Waals surface area contributed by atoms with E-state index in [9.17, 15) is 9.59 Å². The van der Waals surface area contributed by atoms with Crippen LogP contribution in [0, 0.1) is 0 Å². The zero-order chi connectivity index (χ0) is 21.2. The third-order valence-corrected chi connectivity index (χ3v) is 5.37. The van der Waals surface area contributed by atoms with E-state index in [4.69, 9.17) is 0 Å². The molecule has 5 rings (SSSR count). The topological polar surface area (TPSA) is 130 Å².